The van der Waals surface area contributed by atoms with Gasteiger partial charge in [0.2, 0.25) is 5.82 Å². The molecule has 158 valence electrons. The topological polar surface area (TPSA) is 92.9 Å². The molecule has 0 aliphatic rings. The quantitative estimate of drug-likeness (QED) is 0.478. The molecule has 3 aromatic rings. The fourth-order valence-corrected chi connectivity index (χ4v) is 2.50. The van der Waals surface area contributed by atoms with Gasteiger partial charge in [0.15, 0.2) is 18.1 Å². The molecule has 0 N–H and O–H groups in total. The number of hydrogen-bond acceptors (Lipinski definition) is 8. The van der Waals surface area contributed by atoms with Crippen LogP contribution in [0.5, 0.6) is 17.2 Å². The van der Waals surface area contributed by atoms with Crippen molar-refractivity contribution in [1.82, 2.24) is 10.1 Å². The Kier molecular flexibility index (Phi) is 6.79. The Morgan fingerprint density at radius 2 is 1.90 bits per heavy atom. The second-order valence-corrected chi connectivity index (χ2v) is 5.79. The monoisotopic (exact) mass is 420 g/mol. The van der Waals surface area contributed by atoms with Gasteiger partial charge in [0, 0.05) is 5.56 Å². The number of alkyl halides is 2. The highest BCUT2D eigenvalue weighted by atomic mass is 19.3. The van der Waals surface area contributed by atoms with Gasteiger partial charge in [-0.25, -0.2) is 4.79 Å². The maximum absolute atomic E-state index is 12.4. The molecule has 3 rings (SSSR count). The van der Waals surface area contributed by atoms with Gasteiger partial charge in [0.05, 0.1) is 19.3 Å². The second kappa shape index (κ2) is 9.68. The van der Waals surface area contributed by atoms with Crippen molar-refractivity contribution in [1.29, 1.82) is 0 Å². The van der Waals surface area contributed by atoms with Crippen LogP contribution in [-0.2, 0) is 11.3 Å². The number of aromatic nitrogens is 2. The van der Waals surface area contributed by atoms with Crippen molar-refractivity contribution in [3.8, 4) is 28.6 Å². The lowest BCUT2D eigenvalue weighted by Gasteiger charge is -2.10. The van der Waals surface area contributed by atoms with E-state index in [9.17, 15) is 13.6 Å². The molecular formula is C20H18F2N2O6. The molecule has 10 heteroatoms. The van der Waals surface area contributed by atoms with Crippen molar-refractivity contribution in [3.63, 3.8) is 0 Å². The summed E-state index contributed by atoms with van der Waals surface area (Å²) in [5.74, 6) is 0.287. The molecule has 0 saturated heterocycles. The molecule has 0 amide bonds. The van der Waals surface area contributed by atoms with Gasteiger partial charge in [0.25, 0.3) is 5.89 Å². The SMILES string of the molecule is CCOc1ccc(C(=O)OCc2nc(-c3ccc(OC(F)F)c(OC)c3)no2)cc1. The van der Waals surface area contributed by atoms with Crippen molar-refractivity contribution in [2.45, 2.75) is 20.1 Å². The number of carbonyl (C=O) groups is 1. The minimum absolute atomic E-state index is 0.0659. The van der Waals surface area contributed by atoms with Gasteiger partial charge in [-0.1, -0.05) is 5.16 Å². The van der Waals surface area contributed by atoms with Gasteiger partial charge in [-0.05, 0) is 49.4 Å². The summed E-state index contributed by atoms with van der Waals surface area (Å²) in [6.07, 6.45) is 0. The number of nitrogens with zero attached hydrogens (tertiary/aromatic N) is 2. The summed E-state index contributed by atoms with van der Waals surface area (Å²) in [4.78, 5) is 16.3. The van der Waals surface area contributed by atoms with Gasteiger partial charge in [-0.15, -0.1) is 0 Å². The number of ether oxygens (including phenoxy) is 4. The van der Waals surface area contributed by atoms with Gasteiger partial charge in [0.1, 0.15) is 5.75 Å². The largest absolute Gasteiger partial charge is 0.494 e. The normalized spacial score (nSPS) is 10.7. The standard InChI is InChI=1S/C20H18F2N2O6/c1-3-27-14-7-4-12(5-8-14)19(25)28-11-17-23-18(24-30-17)13-6-9-15(29-20(21)22)16(10-13)26-2/h4-10,20H,3,11H2,1-2H3. The van der Waals surface area contributed by atoms with Gasteiger partial charge < -0.3 is 23.5 Å². The summed E-state index contributed by atoms with van der Waals surface area (Å²) < 4.78 is 49.8. The first kappa shape index (κ1) is 21.0. The van der Waals surface area contributed by atoms with Crippen LogP contribution in [0.2, 0.25) is 0 Å². The average Bonchev–Trinajstić information content (AvgIpc) is 3.22. The lowest BCUT2D eigenvalue weighted by Crippen LogP contribution is -2.05. The molecule has 0 unspecified atom stereocenters. The summed E-state index contributed by atoms with van der Waals surface area (Å²) in [7, 11) is 1.32. The van der Waals surface area contributed by atoms with Crippen molar-refractivity contribution in [3.05, 3.63) is 53.9 Å². The van der Waals surface area contributed by atoms with Crippen molar-refractivity contribution in [2.24, 2.45) is 0 Å². The molecule has 0 aliphatic heterocycles. The highest BCUT2D eigenvalue weighted by Gasteiger charge is 2.16. The Morgan fingerprint density at radius 1 is 1.13 bits per heavy atom. The maximum Gasteiger partial charge on any atom is 0.387 e. The smallest absolute Gasteiger partial charge is 0.387 e. The van der Waals surface area contributed by atoms with E-state index in [1.165, 1.54) is 25.3 Å². The highest BCUT2D eigenvalue weighted by molar-refractivity contribution is 5.89. The lowest BCUT2D eigenvalue weighted by atomic mass is 10.2. The average molecular weight is 420 g/mol. The van der Waals surface area contributed by atoms with Crippen molar-refractivity contribution < 1.29 is 37.0 Å². The van der Waals surface area contributed by atoms with E-state index in [2.05, 4.69) is 14.9 Å². The minimum Gasteiger partial charge on any atom is -0.494 e. The van der Waals surface area contributed by atoms with E-state index in [0.29, 0.717) is 23.5 Å². The molecule has 0 saturated carbocycles. The summed E-state index contributed by atoms with van der Waals surface area (Å²) in [6.45, 7) is -0.825. The molecule has 1 heterocycles. The predicted octanol–water partition coefficient (Wildman–Crippen LogP) is 4.10. The van der Waals surface area contributed by atoms with Crippen LogP contribution in [-0.4, -0.2) is 36.4 Å². The maximum atomic E-state index is 12.4. The number of hydrogen-bond donors (Lipinski definition) is 0. The fourth-order valence-electron chi connectivity index (χ4n) is 2.50. The van der Waals surface area contributed by atoms with E-state index in [4.69, 9.17) is 18.7 Å². The van der Waals surface area contributed by atoms with E-state index in [0.717, 1.165) is 0 Å². The molecule has 0 aliphatic carbocycles. The second-order valence-electron chi connectivity index (χ2n) is 5.79. The van der Waals surface area contributed by atoms with Crippen molar-refractivity contribution >= 4 is 5.97 Å². The molecule has 8 nitrogen and oxygen atoms in total. The molecule has 0 bridgehead atoms. The van der Waals surface area contributed by atoms with Crippen LogP contribution < -0.4 is 14.2 Å². The Bertz CT molecular complexity index is 991. The van der Waals surface area contributed by atoms with Crippen LogP contribution in [0.4, 0.5) is 8.78 Å². The Hall–Kier alpha value is -3.69. The molecule has 0 radical (unpaired) electrons. The molecule has 0 spiro atoms. The van der Waals surface area contributed by atoms with E-state index >= 15 is 0 Å². The fraction of sp³-hybridized carbons (Fsp3) is 0.250. The Balaban J connectivity index is 1.64. The van der Waals surface area contributed by atoms with Gasteiger partial charge in [-0.2, -0.15) is 13.8 Å². The number of halogens is 2. The molecule has 0 atom stereocenters. The zero-order chi connectivity index (χ0) is 21.5. The predicted molar refractivity (Wildman–Crippen MR) is 99.6 cm³/mol. The Labute approximate surface area is 170 Å². The van der Waals surface area contributed by atoms with Crippen LogP contribution in [0, 0.1) is 0 Å². The highest BCUT2D eigenvalue weighted by Crippen LogP contribution is 2.32. The molecule has 2 aromatic carbocycles. The molecular weight excluding hydrogens is 402 g/mol. The number of benzene rings is 2. The number of rotatable bonds is 9. The first-order valence-corrected chi connectivity index (χ1v) is 8.86. The van der Waals surface area contributed by atoms with Gasteiger partial charge in [-0.3, -0.25) is 0 Å². The summed E-state index contributed by atoms with van der Waals surface area (Å²) in [5, 5.41) is 3.80. The number of esters is 1. The number of carbonyl (C=O) groups excluding carboxylic acids is 1. The van der Waals surface area contributed by atoms with Crippen LogP contribution in [0.1, 0.15) is 23.2 Å². The summed E-state index contributed by atoms with van der Waals surface area (Å²) >= 11 is 0. The number of methoxy groups -OCH3 is 1. The molecule has 0 fully saturated rings. The van der Waals surface area contributed by atoms with Crippen LogP contribution >= 0.6 is 0 Å². The van der Waals surface area contributed by atoms with Crippen LogP contribution in [0.25, 0.3) is 11.4 Å². The van der Waals surface area contributed by atoms with E-state index < -0.39 is 12.6 Å². The third kappa shape index (κ3) is 5.22. The third-order valence-corrected chi connectivity index (χ3v) is 3.83. The zero-order valence-electron chi connectivity index (χ0n) is 16.1. The van der Waals surface area contributed by atoms with E-state index in [1.807, 2.05) is 6.92 Å². The zero-order valence-corrected chi connectivity index (χ0v) is 16.1. The van der Waals surface area contributed by atoms with E-state index in [1.54, 1.807) is 24.3 Å². The first-order chi connectivity index (χ1) is 14.5. The minimum atomic E-state index is -2.98. The molecule has 1 aromatic heterocycles. The first-order valence-electron chi connectivity index (χ1n) is 8.86. The summed E-state index contributed by atoms with van der Waals surface area (Å²) in [5.41, 5.74) is 0.791. The lowest BCUT2D eigenvalue weighted by molar-refractivity contribution is -0.0512. The van der Waals surface area contributed by atoms with Gasteiger partial charge >= 0.3 is 12.6 Å². The van der Waals surface area contributed by atoms with Crippen molar-refractivity contribution in [2.75, 3.05) is 13.7 Å². The molecule has 30 heavy (non-hydrogen) atoms. The van der Waals surface area contributed by atoms with Crippen LogP contribution in [0.15, 0.2) is 47.0 Å². The Morgan fingerprint density at radius 3 is 2.57 bits per heavy atom. The van der Waals surface area contributed by atoms with E-state index in [-0.39, 0.29) is 29.8 Å². The summed E-state index contributed by atoms with van der Waals surface area (Å²) in [6, 6.07) is 10.7. The van der Waals surface area contributed by atoms with Crippen LogP contribution in [0.3, 0.4) is 0 Å². The third-order valence-electron chi connectivity index (χ3n) is 3.83.